The third kappa shape index (κ3) is 2.72. The molecule has 3 rings (SSSR count). The summed E-state index contributed by atoms with van der Waals surface area (Å²) in [4.78, 5) is 12.5. The van der Waals surface area contributed by atoms with Crippen LogP contribution >= 0.6 is 0 Å². The first kappa shape index (κ1) is 15.0. The number of aryl methyl sites for hydroxylation is 1. The number of benzene rings is 2. The third-order valence-corrected chi connectivity index (χ3v) is 3.20. The van der Waals surface area contributed by atoms with Crippen molar-refractivity contribution in [2.75, 3.05) is 0 Å². The van der Waals surface area contributed by atoms with Crippen LogP contribution in [-0.4, -0.2) is 4.57 Å². The summed E-state index contributed by atoms with van der Waals surface area (Å²) in [5.41, 5.74) is 0.810. The van der Waals surface area contributed by atoms with Crippen LogP contribution in [-0.2, 0) is 0 Å². The predicted octanol–water partition coefficient (Wildman–Crippen LogP) is 4.46. The summed E-state index contributed by atoms with van der Waals surface area (Å²) in [5.74, 6) is -0.400. The van der Waals surface area contributed by atoms with Gasteiger partial charge in [-0.2, -0.15) is 0 Å². The van der Waals surface area contributed by atoms with Gasteiger partial charge >= 0.3 is 0 Å². The maximum absolute atomic E-state index is 13.9. The number of halogens is 1. The fourth-order valence-electron chi connectivity index (χ4n) is 2.32. The van der Waals surface area contributed by atoms with E-state index in [1.807, 2.05) is 38.1 Å². The monoisotopic (exact) mass is 283 g/mol. The van der Waals surface area contributed by atoms with Crippen molar-refractivity contribution in [1.82, 2.24) is 4.57 Å². The standard InChI is InChI=1S/C16H12FNO.C2H6/c1-11-10-12-6-2-3-7-13(12)16(19)18(11)15-9-5-4-8-14(15)17;1-2/h2-10H,1H3;1-2H3. The number of fused-ring (bicyclic) bond motifs is 1. The molecule has 3 heteroatoms. The first-order chi connectivity index (χ1) is 10.2. The van der Waals surface area contributed by atoms with Gasteiger partial charge < -0.3 is 0 Å². The Morgan fingerprint density at radius 1 is 0.952 bits per heavy atom. The summed E-state index contributed by atoms with van der Waals surface area (Å²) in [6.45, 7) is 5.81. The number of nitrogens with zero attached hydrogens (tertiary/aromatic N) is 1. The van der Waals surface area contributed by atoms with Crippen molar-refractivity contribution < 1.29 is 4.39 Å². The van der Waals surface area contributed by atoms with Crippen LogP contribution in [0.3, 0.4) is 0 Å². The second kappa shape index (κ2) is 6.35. The molecule has 1 aromatic heterocycles. The zero-order valence-electron chi connectivity index (χ0n) is 12.4. The third-order valence-electron chi connectivity index (χ3n) is 3.20. The summed E-state index contributed by atoms with van der Waals surface area (Å²) in [6.07, 6.45) is 0. The van der Waals surface area contributed by atoms with E-state index in [0.29, 0.717) is 11.1 Å². The quantitative estimate of drug-likeness (QED) is 0.646. The van der Waals surface area contributed by atoms with Crippen LogP contribution in [0.5, 0.6) is 0 Å². The molecule has 0 radical (unpaired) electrons. The molecule has 0 amide bonds. The molecule has 0 N–H and O–H groups in total. The second-order valence-electron chi connectivity index (χ2n) is 4.46. The molecule has 0 aliphatic carbocycles. The minimum absolute atomic E-state index is 0.194. The van der Waals surface area contributed by atoms with E-state index < -0.39 is 5.82 Å². The average Bonchev–Trinajstić information content (AvgIpc) is 2.51. The SMILES string of the molecule is CC.Cc1cc2ccccc2c(=O)n1-c1ccccc1F. The average molecular weight is 283 g/mol. The van der Waals surface area contributed by atoms with Gasteiger partial charge in [-0.05, 0) is 36.6 Å². The number of hydrogen-bond donors (Lipinski definition) is 0. The number of hydrogen-bond acceptors (Lipinski definition) is 1. The second-order valence-corrected chi connectivity index (χ2v) is 4.46. The Balaban J connectivity index is 0.000000774. The van der Waals surface area contributed by atoms with Gasteiger partial charge in [0, 0.05) is 11.1 Å². The van der Waals surface area contributed by atoms with Crippen molar-refractivity contribution >= 4 is 10.8 Å². The molecular formula is C18H18FNO. The van der Waals surface area contributed by atoms with Crippen molar-refractivity contribution in [3.05, 3.63) is 76.5 Å². The van der Waals surface area contributed by atoms with Crippen molar-refractivity contribution in [2.45, 2.75) is 20.8 Å². The van der Waals surface area contributed by atoms with Crippen LogP contribution in [0.1, 0.15) is 19.5 Å². The highest BCUT2D eigenvalue weighted by molar-refractivity contribution is 5.82. The van der Waals surface area contributed by atoms with Crippen molar-refractivity contribution in [3.8, 4) is 5.69 Å². The van der Waals surface area contributed by atoms with Gasteiger partial charge in [0.25, 0.3) is 5.56 Å². The molecule has 3 aromatic rings. The molecule has 0 aliphatic rings. The van der Waals surface area contributed by atoms with Gasteiger partial charge in [-0.25, -0.2) is 4.39 Å². The molecule has 2 nitrogen and oxygen atoms in total. The fourth-order valence-corrected chi connectivity index (χ4v) is 2.32. The Hall–Kier alpha value is -2.42. The minimum Gasteiger partial charge on any atom is -0.278 e. The molecule has 0 fully saturated rings. The highest BCUT2D eigenvalue weighted by Crippen LogP contribution is 2.17. The van der Waals surface area contributed by atoms with Gasteiger partial charge in [-0.15, -0.1) is 0 Å². The van der Waals surface area contributed by atoms with Crippen LogP contribution in [0.25, 0.3) is 16.5 Å². The molecule has 0 unspecified atom stereocenters. The van der Waals surface area contributed by atoms with Gasteiger partial charge in [0.2, 0.25) is 0 Å². The van der Waals surface area contributed by atoms with E-state index in [-0.39, 0.29) is 11.2 Å². The molecule has 21 heavy (non-hydrogen) atoms. The minimum atomic E-state index is -0.400. The lowest BCUT2D eigenvalue weighted by Crippen LogP contribution is -2.21. The molecular weight excluding hydrogens is 265 g/mol. The molecule has 108 valence electrons. The van der Waals surface area contributed by atoms with Crippen molar-refractivity contribution in [3.63, 3.8) is 0 Å². The number of pyridine rings is 1. The summed E-state index contributed by atoms with van der Waals surface area (Å²) < 4.78 is 15.3. The molecule has 1 heterocycles. The van der Waals surface area contributed by atoms with Gasteiger partial charge in [0.1, 0.15) is 5.82 Å². The largest absolute Gasteiger partial charge is 0.278 e. The van der Waals surface area contributed by atoms with Crippen LogP contribution in [0.15, 0.2) is 59.4 Å². The Morgan fingerprint density at radius 3 is 2.29 bits per heavy atom. The topological polar surface area (TPSA) is 22.0 Å². The van der Waals surface area contributed by atoms with E-state index in [1.54, 1.807) is 31.2 Å². The maximum Gasteiger partial charge on any atom is 0.263 e. The Morgan fingerprint density at radius 2 is 1.57 bits per heavy atom. The van der Waals surface area contributed by atoms with E-state index in [4.69, 9.17) is 0 Å². The number of rotatable bonds is 1. The summed E-state index contributed by atoms with van der Waals surface area (Å²) in [6, 6.07) is 15.5. The van der Waals surface area contributed by atoms with E-state index in [1.165, 1.54) is 10.6 Å². The first-order valence-electron chi connectivity index (χ1n) is 7.05. The fraction of sp³-hybridized carbons (Fsp3) is 0.167. The van der Waals surface area contributed by atoms with Gasteiger partial charge in [-0.1, -0.05) is 44.2 Å². The summed E-state index contributed by atoms with van der Waals surface area (Å²) in [5, 5.41) is 1.47. The van der Waals surface area contributed by atoms with Gasteiger partial charge in [0.15, 0.2) is 0 Å². The molecule has 0 saturated heterocycles. The number of para-hydroxylation sites is 1. The van der Waals surface area contributed by atoms with Gasteiger partial charge in [0.05, 0.1) is 5.69 Å². The highest BCUT2D eigenvalue weighted by Gasteiger charge is 2.10. The molecule has 0 aliphatic heterocycles. The Labute approximate surface area is 123 Å². The number of aromatic nitrogens is 1. The Kier molecular flexibility index (Phi) is 4.53. The van der Waals surface area contributed by atoms with Crippen LogP contribution in [0, 0.1) is 12.7 Å². The highest BCUT2D eigenvalue weighted by atomic mass is 19.1. The van der Waals surface area contributed by atoms with Crippen LogP contribution in [0.4, 0.5) is 4.39 Å². The molecule has 0 bridgehead atoms. The molecule has 2 aromatic carbocycles. The predicted molar refractivity (Wildman–Crippen MR) is 85.6 cm³/mol. The molecule has 0 spiro atoms. The van der Waals surface area contributed by atoms with Crippen LogP contribution in [0.2, 0.25) is 0 Å². The summed E-state index contributed by atoms with van der Waals surface area (Å²) in [7, 11) is 0. The molecule has 0 atom stereocenters. The first-order valence-corrected chi connectivity index (χ1v) is 7.05. The zero-order valence-corrected chi connectivity index (χ0v) is 12.4. The normalized spacial score (nSPS) is 10.1. The van der Waals surface area contributed by atoms with Crippen LogP contribution < -0.4 is 5.56 Å². The lowest BCUT2D eigenvalue weighted by Gasteiger charge is -2.12. The van der Waals surface area contributed by atoms with Crippen molar-refractivity contribution in [1.29, 1.82) is 0 Å². The molecule has 0 saturated carbocycles. The van der Waals surface area contributed by atoms with E-state index in [2.05, 4.69) is 0 Å². The lowest BCUT2D eigenvalue weighted by atomic mass is 10.1. The lowest BCUT2D eigenvalue weighted by molar-refractivity contribution is 0.615. The van der Waals surface area contributed by atoms with E-state index >= 15 is 0 Å². The van der Waals surface area contributed by atoms with E-state index in [0.717, 1.165) is 5.39 Å². The zero-order chi connectivity index (χ0) is 15.4. The van der Waals surface area contributed by atoms with E-state index in [9.17, 15) is 9.18 Å². The maximum atomic E-state index is 13.9. The van der Waals surface area contributed by atoms with Gasteiger partial charge in [-0.3, -0.25) is 9.36 Å². The Bertz CT molecular complexity index is 821. The smallest absolute Gasteiger partial charge is 0.263 e. The van der Waals surface area contributed by atoms with Crippen molar-refractivity contribution in [2.24, 2.45) is 0 Å². The summed E-state index contributed by atoms with van der Waals surface area (Å²) >= 11 is 0.